The molecule has 0 bridgehead atoms. The summed E-state index contributed by atoms with van der Waals surface area (Å²) in [7, 11) is 1.59. The number of carbonyl (C=O) groups is 1. The molecule has 4 nitrogen and oxygen atoms in total. The van der Waals surface area contributed by atoms with Crippen LogP contribution in [0.5, 0.6) is 5.75 Å². The van der Waals surface area contributed by atoms with Gasteiger partial charge in [-0.15, -0.1) is 0 Å². The van der Waals surface area contributed by atoms with Gasteiger partial charge in [0.15, 0.2) is 0 Å². The second kappa shape index (κ2) is 6.26. The highest BCUT2D eigenvalue weighted by atomic mass is 79.9. The summed E-state index contributed by atoms with van der Waals surface area (Å²) in [6, 6.07) is 3.27. The molecule has 0 saturated heterocycles. The van der Waals surface area contributed by atoms with Gasteiger partial charge in [-0.3, -0.25) is 4.79 Å². The van der Waals surface area contributed by atoms with E-state index < -0.39 is 6.04 Å². The zero-order valence-electron chi connectivity index (χ0n) is 9.59. The van der Waals surface area contributed by atoms with Crippen molar-refractivity contribution in [1.29, 1.82) is 0 Å². The Morgan fingerprint density at radius 2 is 2.12 bits per heavy atom. The van der Waals surface area contributed by atoms with E-state index in [1.165, 1.54) is 0 Å². The molecule has 1 aromatic carbocycles. The number of amides is 1. The van der Waals surface area contributed by atoms with Crippen LogP contribution in [0.3, 0.4) is 0 Å². The van der Waals surface area contributed by atoms with E-state index in [-0.39, 0.29) is 5.91 Å². The van der Waals surface area contributed by atoms with Crippen molar-refractivity contribution < 1.29 is 9.53 Å². The van der Waals surface area contributed by atoms with E-state index in [0.29, 0.717) is 12.2 Å². The summed E-state index contributed by atoms with van der Waals surface area (Å²) < 4.78 is 6.87. The molecule has 1 aromatic rings. The lowest BCUT2D eigenvalue weighted by atomic mass is 10.2. The quantitative estimate of drug-likeness (QED) is 0.843. The minimum absolute atomic E-state index is 0.374. The third-order valence-electron chi connectivity index (χ3n) is 2.32. The number of carbonyl (C=O) groups excluding carboxylic acids is 1. The minimum Gasteiger partial charge on any atom is -0.495 e. The van der Waals surface area contributed by atoms with Gasteiger partial charge < -0.3 is 15.8 Å². The minimum atomic E-state index is -0.391. The summed E-state index contributed by atoms with van der Waals surface area (Å²) in [6.45, 7) is 1.90. The maximum atomic E-state index is 11.2. The van der Waals surface area contributed by atoms with E-state index in [4.69, 9.17) is 10.5 Å². The van der Waals surface area contributed by atoms with Gasteiger partial charge >= 0.3 is 0 Å². The van der Waals surface area contributed by atoms with Crippen molar-refractivity contribution in [2.45, 2.75) is 19.4 Å². The van der Waals surface area contributed by atoms with E-state index in [1.54, 1.807) is 13.2 Å². The fourth-order valence-electron chi connectivity index (χ4n) is 1.36. The number of benzene rings is 1. The summed E-state index contributed by atoms with van der Waals surface area (Å²) in [6.07, 6.45) is 0.625. The number of primary amides is 1. The fraction of sp³-hybridized carbons (Fsp3) is 0.364. The molecule has 0 aliphatic rings. The molecule has 17 heavy (non-hydrogen) atoms. The first-order valence-corrected chi connectivity index (χ1v) is 6.67. The van der Waals surface area contributed by atoms with Gasteiger partial charge in [0.05, 0.1) is 17.3 Å². The van der Waals surface area contributed by atoms with Crippen LogP contribution in [0.4, 0.5) is 5.69 Å². The first kappa shape index (κ1) is 14.3. The molecule has 0 saturated carbocycles. The summed E-state index contributed by atoms with van der Waals surface area (Å²) >= 11 is 6.80. The second-order valence-electron chi connectivity index (χ2n) is 3.47. The molecule has 1 amide bonds. The van der Waals surface area contributed by atoms with E-state index in [9.17, 15) is 4.79 Å². The zero-order chi connectivity index (χ0) is 13.0. The first-order chi connectivity index (χ1) is 7.99. The van der Waals surface area contributed by atoms with Crippen LogP contribution >= 0.6 is 31.9 Å². The highest BCUT2D eigenvalue weighted by molar-refractivity contribution is 9.11. The number of anilines is 1. The summed E-state index contributed by atoms with van der Waals surface area (Å²) in [5.74, 6) is 0.316. The van der Waals surface area contributed by atoms with E-state index in [2.05, 4.69) is 37.2 Å². The van der Waals surface area contributed by atoms with Crippen LogP contribution in [0, 0.1) is 0 Å². The van der Waals surface area contributed by atoms with Crippen LogP contribution in [-0.4, -0.2) is 19.1 Å². The van der Waals surface area contributed by atoms with Gasteiger partial charge in [-0.2, -0.15) is 0 Å². The number of nitrogens with one attached hydrogen (secondary N) is 1. The lowest BCUT2D eigenvalue weighted by molar-refractivity contribution is -0.118. The molecule has 6 heteroatoms. The molecule has 0 radical (unpaired) electrons. The predicted octanol–water partition coefficient (Wildman–Crippen LogP) is 2.90. The molecule has 1 unspecified atom stereocenters. The summed E-state index contributed by atoms with van der Waals surface area (Å²) in [5.41, 5.74) is 6.06. The fourth-order valence-corrected chi connectivity index (χ4v) is 2.63. The van der Waals surface area contributed by atoms with Crippen molar-refractivity contribution in [3.63, 3.8) is 0 Å². The van der Waals surface area contributed by atoms with Crippen LogP contribution in [0.25, 0.3) is 0 Å². The highest BCUT2D eigenvalue weighted by Crippen LogP contribution is 2.34. The van der Waals surface area contributed by atoms with Gasteiger partial charge in [-0.05, 0) is 44.3 Å². The third kappa shape index (κ3) is 3.61. The third-order valence-corrected chi connectivity index (χ3v) is 3.60. The van der Waals surface area contributed by atoms with Crippen molar-refractivity contribution in [2.75, 3.05) is 12.4 Å². The van der Waals surface area contributed by atoms with Crippen LogP contribution < -0.4 is 15.8 Å². The molecular weight excluding hydrogens is 352 g/mol. The van der Waals surface area contributed by atoms with Crippen molar-refractivity contribution in [2.24, 2.45) is 5.73 Å². The number of rotatable bonds is 5. The maximum Gasteiger partial charge on any atom is 0.239 e. The normalized spacial score (nSPS) is 12.0. The lowest BCUT2D eigenvalue weighted by Crippen LogP contribution is -2.34. The zero-order valence-corrected chi connectivity index (χ0v) is 12.8. The van der Waals surface area contributed by atoms with Gasteiger partial charge in [0.2, 0.25) is 5.91 Å². The average molecular weight is 366 g/mol. The molecule has 0 aromatic heterocycles. The Bertz CT molecular complexity index is 424. The molecular formula is C11H14Br2N2O2. The van der Waals surface area contributed by atoms with E-state index in [0.717, 1.165) is 14.6 Å². The molecule has 0 spiro atoms. The number of hydrogen-bond acceptors (Lipinski definition) is 3. The first-order valence-electron chi connectivity index (χ1n) is 5.08. The molecule has 1 atom stereocenters. The largest absolute Gasteiger partial charge is 0.495 e. The lowest BCUT2D eigenvalue weighted by Gasteiger charge is -2.17. The van der Waals surface area contributed by atoms with Crippen LogP contribution in [-0.2, 0) is 4.79 Å². The Hall–Kier alpha value is -0.750. The van der Waals surface area contributed by atoms with Gasteiger partial charge in [-0.1, -0.05) is 6.92 Å². The molecule has 0 heterocycles. The Morgan fingerprint density at radius 3 is 2.59 bits per heavy atom. The average Bonchev–Trinajstić information content (AvgIpc) is 2.27. The van der Waals surface area contributed by atoms with Crippen LogP contribution in [0.1, 0.15) is 13.3 Å². The Balaban J connectivity index is 3.01. The van der Waals surface area contributed by atoms with Crippen molar-refractivity contribution in [3.05, 3.63) is 21.1 Å². The standard InChI is InChI=1S/C11H14Br2N2O2/c1-3-8(11(14)16)15-9-5-10(17-2)7(13)4-6(9)12/h4-5,8,15H,3H2,1-2H3,(H2,14,16). The van der Waals surface area contributed by atoms with Gasteiger partial charge in [-0.25, -0.2) is 0 Å². The van der Waals surface area contributed by atoms with Gasteiger partial charge in [0, 0.05) is 10.5 Å². The van der Waals surface area contributed by atoms with Crippen LogP contribution in [0.15, 0.2) is 21.1 Å². The van der Waals surface area contributed by atoms with Crippen molar-refractivity contribution in [1.82, 2.24) is 0 Å². The molecule has 0 aliphatic carbocycles. The van der Waals surface area contributed by atoms with Crippen molar-refractivity contribution in [3.8, 4) is 5.75 Å². The number of nitrogens with two attached hydrogens (primary N) is 1. The Kier molecular flexibility index (Phi) is 5.27. The summed E-state index contributed by atoms with van der Waals surface area (Å²) in [4.78, 5) is 11.2. The topological polar surface area (TPSA) is 64.3 Å². The van der Waals surface area contributed by atoms with Gasteiger partial charge in [0.25, 0.3) is 0 Å². The summed E-state index contributed by atoms with van der Waals surface area (Å²) in [5, 5.41) is 3.08. The molecule has 94 valence electrons. The highest BCUT2D eigenvalue weighted by Gasteiger charge is 2.15. The molecule has 1 rings (SSSR count). The second-order valence-corrected chi connectivity index (χ2v) is 5.18. The molecule has 0 fully saturated rings. The number of ether oxygens (including phenoxy) is 1. The van der Waals surface area contributed by atoms with E-state index in [1.807, 2.05) is 13.0 Å². The smallest absolute Gasteiger partial charge is 0.239 e. The maximum absolute atomic E-state index is 11.2. The Labute approximate surface area is 117 Å². The Morgan fingerprint density at radius 1 is 1.47 bits per heavy atom. The number of hydrogen-bond donors (Lipinski definition) is 2. The molecule has 3 N–H and O–H groups in total. The number of halogens is 2. The SMILES string of the molecule is CCC(Nc1cc(OC)c(Br)cc1Br)C(N)=O. The number of methoxy groups -OCH3 is 1. The van der Waals surface area contributed by atoms with Crippen molar-refractivity contribution >= 4 is 43.5 Å². The van der Waals surface area contributed by atoms with Gasteiger partial charge in [0.1, 0.15) is 11.8 Å². The van der Waals surface area contributed by atoms with E-state index >= 15 is 0 Å². The van der Waals surface area contributed by atoms with Crippen LogP contribution in [0.2, 0.25) is 0 Å². The predicted molar refractivity (Wildman–Crippen MR) is 75.3 cm³/mol. The molecule has 0 aliphatic heterocycles. The monoisotopic (exact) mass is 364 g/mol.